The van der Waals surface area contributed by atoms with Gasteiger partial charge in [0.15, 0.2) is 0 Å². The molecule has 0 radical (unpaired) electrons. The first-order valence-electron chi connectivity index (χ1n) is 9.34. The van der Waals surface area contributed by atoms with Crippen LogP contribution >= 0.6 is 0 Å². The Morgan fingerprint density at radius 2 is 1.83 bits per heavy atom. The molecule has 2 aromatic rings. The summed E-state index contributed by atoms with van der Waals surface area (Å²) in [4.78, 5) is 37.3. The van der Waals surface area contributed by atoms with Gasteiger partial charge in [-0.25, -0.2) is 9.18 Å². The molecule has 1 atom stereocenters. The summed E-state index contributed by atoms with van der Waals surface area (Å²) in [5.74, 6) is -2.52. The van der Waals surface area contributed by atoms with Gasteiger partial charge in [0, 0.05) is 24.5 Å². The Labute approximate surface area is 167 Å². The number of amides is 3. The highest BCUT2D eigenvalue weighted by atomic mass is 19.1. The highest BCUT2D eigenvalue weighted by Crippen LogP contribution is 2.21. The third kappa shape index (κ3) is 5.54. The second-order valence-corrected chi connectivity index (χ2v) is 6.95. The predicted molar refractivity (Wildman–Crippen MR) is 106 cm³/mol. The van der Waals surface area contributed by atoms with Crippen molar-refractivity contribution in [3.8, 4) is 0 Å². The fourth-order valence-corrected chi connectivity index (χ4v) is 3.28. The maximum absolute atomic E-state index is 14.0. The zero-order chi connectivity index (χ0) is 20.8. The average Bonchev–Trinajstić information content (AvgIpc) is 2.70. The third-order valence-electron chi connectivity index (χ3n) is 4.77. The quantitative estimate of drug-likeness (QED) is 0.718. The van der Waals surface area contributed by atoms with Crippen LogP contribution in [0.25, 0.3) is 0 Å². The van der Waals surface area contributed by atoms with E-state index in [9.17, 15) is 18.8 Å². The molecule has 1 saturated heterocycles. The normalized spacial score (nSPS) is 16.2. The first kappa shape index (κ1) is 20.3. The topological polar surface area (TPSA) is 98.7 Å². The van der Waals surface area contributed by atoms with E-state index in [2.05, 4.69) is 10.6 Å². The number of anilines is 2. The van der Waals surface area contributed by atoms with Crippen molar-refractivity contribution in [2.24, 2.45) is 5.92 Å². The zero-order valence-electron chi connectivity index (χ0n) is 15.7. The molecule has 0 aromatic heterocycles. The SMILES string of the molecule is O=C(O)Cc1ccc(NC(=O)C2CCCN(C(=O)Nc3ccccc3)C2)cc1F. The molecule has 29 heavy (non-hydrogen) atoms. The van der Waals surface area contributed by atoms with Crippen LogP contribution in [-0.4, -0.2) is 41.0 Å². The molecule has 1 unspecified atom stereocenters. The number of carboxylic acid groups (broad SMARTS) is 1. The summed E-state index contributed by atoms with van der Waals surface area (Å²) in [6, 6.07) is 12.7. The molecular formula is C21H22FN3O4. The molecule has 0 saturated carbocycles. The van der Waals surface area contributed by atoms with E-state index < -0.39 is 24.1 Å². The summed E-state index contributed by atoms with van der Waals surface area (Å²) in [6.07, 6.45) is 0.890. The van der Waals surface area contributed by atoms with Gasteiger partial charge >= 0.3 is 12.0 Å². The number of carbonyl (C=O) groups is 3. The molecule has 0 aliphatic carbocycles. The Kier molecular flexibility index (Phi) is 6.43. The number of urea groups is 1. The number of benzene rings is 2. The van der Waals surface area contributed by atoms with Crippen molar-refractivity contribution >= 4 is 29.3 Å². The fraction of sp³-hybridized carbons (Fsp3) is 0.286. The van der Waals surface area contributed by atoms with E-state index >= 15 is 0 Å². The maximum atomic E-state index is 14.0. The number of aliphatic carboxylic acids is 1. The predicted octanol–water partition coefficient (Wildman–Crippen LogP) is 3.34. The monoisotopic (exact) mass is 399 g/mol. The van der Waals surface area contributed by atoms with Gasteiger partial charge in [-0.05, 0) is 42.7 Å². The molecule has 1 fully saturated rings. The van der Waals surface area contributed by atoms with Crippen molar-refractivity contribution in [2.75, 3.05) is 23.7 Å². The number of hydrogen-bond acceptors (Lipinski definition) is 3. The van der Waals surface area contributed by atoms with Crippen molar-refractivity contribution < 1.29 is 23.9 Å². The number of hydrogen-bond donors (Lipinski definition) is 3. The summed E-state index contributed by atoms with van der Waals surface area (Å²) in [5.41, 5.74) is 0.991. The lowest BCUT2D eigenvalue weighted by molar-refractivity contribution is -0.136. The summed E-state index contributed by atoms with van der Waals surface area (Å²) < 4.78 is 14.0. The van der Waals surface area contributed by atoms with Gasteiger partial charge in [0.05, 0.1) is 12.3 Å². The molecule has 0 bridgehead atoms. The van der Waals surface area contributed by atoms with Crippen molar-refractivity contribution in [2.45, 2.75) is 19.3 Å². The highest BCUT2D eigenvalue weighted by molar-refractivity contribution is 5.94. The Hall–Kier alpha value is -3.42. The number of likely N-dealkylation sites (tertiary alicyclic amines) is 1. The first-order chi connectivity index (χ1) is 13.9. The van der Waals surface area contributed by atoms with Gasteiger partial charge in [-0.2, -0.15) is 0 Å². The summed E-state index contributed by atoms with van der Waals surface area (Å²) >= 11 is 0. The van der Waals surface area contributed by atoms with E-state index in [0.717, 1.165) is 6.07 Å². The Bertz CT molecular complexity index is 904. The van der Waals surface area contributed by atoms with Crippen LogP contribution in [0.1, 0.15) is 18.4 Å². The molecule has 3 rings (SSSR count). The number of carboxylic acids is 1. The van der Waals surface area contributed by atoms with Crippen molar-refractivity contribution in [3.63, 3.8) is 0 Å². The minimum Gasteiger partial charge on any atom is -0.481 e. The lowest BCUT2D eigenvalue weighted by Gasteiger charge is -2.32. The number of nitrogens with zero attached hydrogens (tertiary/aromatic N) is 1. The fourth-order valence-electron chi connectivity index (χ4n) is 3.28. The van der Waals surface area contributed by atoms with Crippen molar-refractivity contribution in [1.82, 2.24) is 4.90 Å². The third-order valence-corrected chi connectivity index (χ3v) is 4.77. The number of para-hydroxylation sites is 1. The highest BCUT2D eigenvalue weighted by Gasteiger charge is 2.28. The Morgan fingerprint density at radius 3 is 2.52 bits per heavy atom. The average molecular weight is 399 g/mol. The zero-order valence-corrected chi connectivity index (χ0v) is 15.7. The number of rotatable bonds is 5. The van der Waals surface area contributed by atoms with E-state index in [4.69, 9.17) is 5.11 Å². The van der Waals surface area contributed by atoms with Crippen LogP contribution in [0.15, 0.2) is 48.5 Å². The lowest BCUT2D eigenvalue weighted by Crippen LogP contribution is -2.45. The molecule has 0 spiro atoms. The molecule has 152 valence electrons. The van der Waals surface area contributed by atoms with E-state index in [1.807, 2.05) is 18.2 Å². The Morgan fingerprint density at radius 1 is 1.07 bits per heavy atom. The van der Waals surface area contributed by atoms with Crippen LogP contribution in [0.5, 0.6) is 0 Å². The van der Waals surface area contributed by atoms with Gasteiger partial charge in [0.2, 0.25) is 5.91 Å². The van der Waals surface area contributed by atoms with Gasteiger partial charge in [0.25, 0.3) is 0 Å². The standard InChI is InChI=1S/C21H22FN3O4/c22-18-12-17(9-8-14(18)11-19(26)27)23-20(28)15-5-4-10-25(13-15)21(29)24-16-6-2-1-3-7-16/h1-3,6-9,12,15H,4-5,10-11,13H2,(H,23,28)(H,24,29)(H,26,27). The molecule has 8 heteroatoms. The molecule has 7 nitrogen and oxygen atoms in total. The summed E-state index contributed by atoms with van der Waals surface area (Å²) in [5, 5.41) is 14.2. The summed E-state index contributed by atoms with van der Waals surface area (Å²) in [6.45, 7) is 0.824. The molecule has 1 aliphatic heterocycles. The molecule has 1 aliphatic rings. The van der Waals surface area contributed by atoms with Gasteiger partial charge in [0.1, 0.15) is 5.82 Å². The van der Waals surface area contributed by atoms with Gasteiger partial charge in [-0.1, -0.05) is 24.3 Å². The minimum atomic E-state index is -1.13. The van der Waals surface area contributed by atoms with Gasteiger partial charge < -0.3 is 20.6 Å². The number of halogens is 1. The van der Waals surface area contributed by atoms with Gasteiger partial charge in [-0.15, -0.1) is 0 Å². The first-order valence-corrected chi connectivity index (χ1v) is 9.34. The van der Waals surface area contributed by atoms with Crippen LogP contribution in [0, 0.1) is 11.7 Å². The largest absolute Gasteiger partial charge is 0.481 e. The van der Waals surface area contributed by atoms with E-state index in [-0.39, 0.29) is 29.7 Å². The molecule has 1 heterocycles. The smallest absolute Gasteiger partial charge is 0.321 e. The van der Waals surface area contributed by atoms with Gasteiger partial charge in [-0.3, -0.25) is 9.59 Å². The second-order valence-electron chi connectivity index (χ2n) is 6.95. The van der Waals surface area contributed by atoms with Crippen LogP contribution in [0.3, 0.4) is 0 Å². The van der Waals surface area contributed by atoms with Crippen LogP contribution in [0.2, 0.25) is 0 Å². The summed E-state index contributed by atoms with van der Waals surface area (Å²) in [7, 11) is 0. The number of carbonyl (C=O) groups excluding carboxylic acids is 2. The maximum Gasteiger partial charge on any atom is 0.321 e. The van der Waals surface area contributed by atoms with Crippen LogP contribution in [-0.2, 0) is 16.0 Å². The van der Waals surface area contributed by atoms with Crippen molar-refractivity contribution in [3.05, 3.63) is 59.9 Å². The molecular weight excluding hydrogens is 377 g/mol. The minimum absolute atomic E-state index is 0.0527. The second kappa shape index (κ2) is 9.18. The number of piperidine rings is 1. The number of nitrogens with one attached hydrogen (secondary N) is 2. The molecule has 3 amide bonds. The van der Waals surface area contributed by atoms with Crippen molar-refractivity contribution in [1.29, 1.82) is 0 Å². The van der Waals surface area contributed by atoms with Crippen LogP contribution in [0.4, 0.5) is 20.6 Å². The van der Waals surface area contributed by atoms with E-state index in [1.54, 1.807) is 17.0 Å². The lowest BCUT2D eigenvalue weighted by atomic mass is 9.97. The van der Waals surface area contributed by atoms with E-state index in [0.29, 0.717) is 25.1 Å². The molecule has 2 aromatic carbocycles. The van der Waals surface area contributed by atoms with Crippen LogP contribution < -0.4 is 10.6 Å². The van der Waals surface area contributed by atoms with E-state index in [1.165, 1.54) is 12.1 Å². The molecule has 3 N–H and O–H groups in total. The Balaban J connectivity index is 1.58.